The largest absolute Gasteiger partial charge is 0.478 e. The highest BCUT2D eigenvalue weighted by atomic mass is 16.5. The normalized spacial score (nSPS) is 11.7. The van der Waals surface area contributed by atoms with Gasteiger partial charge < -0.3 is 14.3 Å². The topological polar surface area (TPSA) is 59.7 Å². The quantitative estimate of drug-likeness (QED) is 0.784. The van der Waals surface area contributed by atoms with Crippen molar-refractivity contribution in [3.63, 3.8) is 0 Å². The van der Waals surface area contributed by atoms with E-state index in [9.17, 15) is 4.79 Å². The van der Waals surface area contributed by atoms with Gasteiger partial charge in [-0.3, -0.25) is 0 Å². The van der Waals surface area contributed by atoms with Crippen LogP contribution in [0.2, 0.25) is 0 Å². The summed E-state index contributed by atoms with van der Waals surface area (Å²) in [5.74, 6) is -0.434. The minimum Gasteiger partial charge on any atom is -0.478 e. The maximum atomic E-state index is 10.6. The molecule has 0 unspecified atom stereocenters. The maximum absolute atomic E-state index is 10.6. The van der Waals surface area contributed by atoms with Gasteiger partial charge in [-0.1, -0.05) is 20.8 Å². The standard InChI is InChI=1S/C12H18O4/c1-12(2,3)4-5-15-8-10-6-9(7-16-10)11(13)14/h6-7H,4-5,8H2,1-3H3,(H,13,14). The van der Waals surface area contributed by atoms with Crippen molar-refractivity contribution in [1.82, 2.24) is 0 Å². The zero-order valence-corrected chi connectivity index (χ0v) is 9.95. The summed E-state index contributed by atoms with van der Waals surface area (Å²) in [6, 6.07) is 1.49. The lowest BCUT2D eigenvalue weighted by Crippen LogP contribution is -2.09. The van der Waals surface area contributed by atoms with Crippen LogP contribution in [-0.2, 0) is 11.3 Å². The van der Waals surface area contributed by atoms with Gasteiger partial charge in [0, 0.05) is 6.61 Å². The van der Waals surface area contributed by atoms with Crippen molar-refractivity contribution in [2.45, 2.75) is 33.8 Å². The Hall–Kier alpha value is -1.29. The highest BCUT2D eigenvalue weighted by molar-refractivity contribution is 5.87. The average molecular weight is 226 g/mol. The van der Waals surface area contributed by atoms with Gasteiger partial charge in [0.05, 0.1) is 5.56 Å². The highest BCUT2D eigenvalue weighted by Gasteiger charge is 2.11. The zero-order chi connectivity index (χ0) is 12.2. The maximum Gasteiger partial charge on any atom is 0.338 e. The molecule has 0 atom stereocenters. The summed E-state index contributed by atoms with van der Waals surface area (Å²) < 4.78 is 10.5. The molecule has 0 aliphatic carbocycles. The SMILES string of the molecule is CC(C)(C)CCOCc1cc(C(=O)O)co1. The van der Waals surface area contributed by atoms with E-state index in [4.69, 9.17) is 14.3 Å². The summed E-state index contributed by atoms with van der Waals surface area (Å²) in [6.45, 7) is 7.40. The van der Waals surface area contributed by atoms with Crippen LogP contribution in [0.3, 0.4) is 0 Å². The van der Waals surface area contributed by atoms with Gasteiger partial charge >= 0.3 is 5.97 Å². The van der Waals surface area contributed by atoms with Crippen LogP contribution in [-0.4, -0.2) is 17.7 Å². The number of aromatic carboxylic acids is 1. The van der Waals surface area contributed by atoms with Gasteiger partial charge in [-0.2, -0.15) is 0 Å². The van der Waals surface area contributed by atoms with E-state index in [2.05, 4.69) is 20.8 Å². The van der Waals surface area contributed by atoms with Gasteiger partial charge in [-0.05, 0) is 17.9 Å². The van der Waals surface area contributed by atoms with Crippen LogP contribution in [0.5, 0.6) is 0 Å². The molecule has 4 heteroatoms. The third kappa shape index (κ3) is 4.49. The second kappa shape index (κ2) is 5.16. The molecule has 1 rings (SSSR count). The van der Waals surface area contributed by atoms with Crippen molar-refractivity contribution >= 4 is 5.97 Å². The molecule has 0 spiro atoms. The van der Waals surface area contributed by atoms with E-state index >= 15 is 0 Å². The first-order chi connectivity index (χ1) is 7.38. The van der Waals surface area contributed by atoms with Crippen LogP contribution in [0, 0.1) is 5.41 Å². The Morgan fingerprint density at radius 3 is 2.69 bits per heavy atom. The van der Waals surface area contributed by atoms with Crippen molar-refractivity contribution in [2.75, 3.05) is 6.61 Å². The Balaban J connectivity index is 2.30. The van der Waals surface area contributed by atoms with Gasteiger partial charge in [-0.15, -0.1) is 0 Å². The number of carbonyl (C=O) groups is 1. The molecule has 0 aliphatic rings. The second-order valence-corrected chi connectivity index (χ2v) is 4.97. The third-order valence-corrected chi connectivity index (χ3v) is 2.14. The van der Waals surface area contributed by atoms with Crippen LogP contribution in [0.25, 0.3) is 0 Å². The van der Waals surface area contributed by atoms with Crippen LogP contribution in [0.4, 0.5) is 0 Å². The fourth-order valence-electron chi connectivity index (χ4n) is 1.12. The number of ether oxygens (including phenoxy) is 1. The Morgan fingerprint density at radius 2 is 2.19 bits per heavy atom. The molecular weight excluding hydrogens is 208 g/mol. The predicted molar refractivity (Wildman–Crippen MR) is 59.4 cm³/mol. The Kier molecular flexibility index (Phi) is 4.12. The fraction of sp³-hybridized carbons (Fsp3) is 0.583. The first-order valence-electron chi connectivity index (χ1n) is 5.27. The lowest BCUT2D eigenvalue weighted by atomic mass is 9.93. The number of carboxylic acid groups (broad SMARTS) is 1. The molecule has 0 aromatic carbocycles. The molecule has 0 bridgehead atoms. The van der Waals surface area contributed by atoms with Crippen molar-refractivity contribution in [3.8, 4) is 0 Å². The van der Waals surface area contributed by atoms with Gasteiger partial charge in [0.25, 0.3) is 0 Å². The van der Waals surface area contributed by atoms with Crippen molar-refractivity contribution in [1.29, 1.82) is 0 Å². The zero-order valence-electron chi connectivity index (χ0n) is 9.95. The Morgan fingerprint density at radius 1 is 1.50 bits per heavy atom. The van der Waals surface area contributed by atoms with E-state index < -0.39 is 5.97 Å². The molecule has 90 valence electrons. The van der Waals surface area contributed by atoms with Gasteiger partial charge in [0.15, 0.2) is 0 Å². The molecule has 1 heterocycles. The van der Waals surface area contributed by atoms with Crippen molar-refractivity contribution in [2.24, 2.45) is 5.41 Å². The summed E-state index contributed by atoms with van der Waals surface area (Å²) in [6.07, 6.45) is 2.18. The molecule has 4 nitrogen and oxygen atoms in total. The lowest BCUT2D eigenvalue weighted by Gasteiger charge is -2.17. The van der Waals surface area contributed by atoms with Crippen molar-refractivity contribution < 1.29 is 19.1 Å². The molecule has 0 radical (unpaired) electrons. The third-order valence-electron chi connectivity index (χ3n) is 2.14. The van der Waals surface area contributed by atoms with Crippen LogP contribution in [0.15, 0.2) is 16.7 Å². The predicted octanol–water partition coefficient (Wildman–Crippen LogP) is 2.93. The average Bonchev–Trinajstić information content (AvgIpc) is 2.59. The number of hydrogen-bond acceptors (Lipinski definition) is 3. The van der Waals surface area contributed by atoms with E-state index in [0.717, 1.165) is 6.42 Å². The molecule has 0 saturated carbocycles. The summed E-state index contributed by atoms with van der Waals surface area (Å²) in [7, 11) is 0. The van der Waals surface area contributed by atoms with Crippen LogP contribution in [0.1, 0.15) is 43.3 Å². The molecule has 1 aromatic heterocycles. The summed E-state index contributed by atoms with van der Waals surface area (Å²) in [4.78, 5) is 10.6. The van der Waals surface area contributed by atoms with Crippen molar-refractivity contribution in [3.05, 3.63) is 23.7 Å². The van der Waals surface area contributed by atoms with E-state index in [0.29, 0.717) is 19.0 Å². The van der Waals surface area contributed by atoms with E-state index in [1.165, 1.54) is 12.3 Å². The first-order valence-corrected chi connectivity index (χ1v) is 5.27. The number of rotatable bonds is 5. The van der Waals surface area contributed by atoms with E-state index in [-0.39, 0.29) is 11.0 Å². The van der Waals surface area contributed by atoms with Gasteiger partial charge in [0.2, 0.25) is 0 Å². The molecule has 1 aromatic rings. The van der Waals surface area contributed by atoms with Gasteiger partial charge in [-0.25, -0.2) is 4.79 Å². The fourth-order valence-corrected chi connectivity index (χ4v) is 1.12. The minimum atomic E-state index is -0.982. The molecule has 0 fully saturated rings. The molecule has 16 heavy (non-hydrogen) atoms. The van der Waals surface area contributed by atoms with Gasteiger partial charge in [0.1, 0.15) is 18.6 Å². The monoisotopic (exact) mass is 226 g/mol. The van der Waals surface area contributed by atoms with E-state index in [1.54, 1.807) is 0 Å². The lowest BCUT2D eigenvalue weighted by molar-refractivity contribution is 0.0696. The molecule has 0 amide bonds. The summed E-state index contributed by atoms with van der Waals surface area (Å²) >= 11 is 0. The second-order valence-electron chi connectivity index (χ2n) is 4.97. The molecule has 0 saturated heterocycles. The van der Waals surface area contributed by atoms with Crippen LogP contribution >= 0.6 is 0 Å². The minimum absolute atomic E-state index is 0.162. The summed E-state index contributed by atoms with van der Waals surface area (Å²) in [5.41, 5.74) is 0.407. The number of hydrogen-bond donors (Lipinski definition) is 1. The van der Waals surface area contributed by atoms with E-state index in [1.807, 2.05) is 0 Å². The summed E-state index contributed by atoms with van der Waals surface area (Å²) in [5, 5.41) is 8.68. The highest BCUT2D eigenvalue weighted by Crippen LogP contribution is 2.18. The molecule has 1 N–H and O–H groups in total. The molecule has 0 aliphatic heterocycles. The molecular formula is C12H18O4. The number of carboxylic acids is 1. The Bertz CT molecular complexity index is 346. The smallest absolute Gasteiger partial charge is 0.338 e. The van der Waals surface area contributed by atoms with Crippen LogP contribution < -0.4 is 0 Å². The number of furan rings is 1. The first kappa shape index (κ1) is 12.8. The Labute approximate surface area is 95.2 Å².